The van der Waals surface area contributed by atoms with E-state index < -0.39 is 0 Å². The molecule has 0 aliphatic rings. The van der Waals surface area contributed by atoms with E-state index in [1.807, 2.05) is 0 Å². The number of thiophene rings is 1. The Morgan fingerprint density at radius 1 is 0.434 bits per heavy atom. The highest BCUT2D eigenvalue weighted by Gasteiger charge is 2.26. The molecular formula is C48H26N4S. The summed E-state index contributed by atoms with van der Waals surface area (Å²) in [5, 5.41) is 13.5. The van der Waals surface area contributed by atoms with Crippen LogP contribution in [0.4, 0.5) is 0 Å². The summed E-state index contributed by atoms with van der Waals surface area (Å²) in [6.45, 7) is 0. The number of fused-ring (bicyclic) bond motifs is 16. The number of rotatable bonds is 2. The number of hydrogen-bond acceptors (Lipinski definition) is 3. The zero-order chi connectivity index (χ0) is 34.4. The average Bonchev–Trinajstić information content (AvgIpc) is 3.95. The topological polar surface area (TPSA) is 35.1 Å². The summed E-state index contributed by atoms with van der Waals surface area (Å²) >= 11 is 1.78. The van der Waals surface area contributed by atoms with E-state index in [9.17, 15) is 0 Å². The van der Waals surface area contributed by atoms with Crippen LogP contribution in [0.5, 0.6) is 0 Å². The molecule has 244 valence electrons. The Kier molecular flexibility index (Phi) is 5.22. The van der Waals surface area contributed by atoms with E-state index in [-0.39, 0.29) is 0 Å². The van der Waals surface area contributed by atoms with Crippen LogP contribution in [0.1, 0.15) is 0 Å². The van der Waals surface area contributed by atoms with Gasteiger partial charge in [-0.2, -0.15) is 0 Å². The molecule has 0 saturated carbocycles. The van der Waals surface area contributed by atoms with Gasteiger partial charge in [-0.1, -0.05) is 121 Å². The third-order valence-electron chi connectivity index (χ3n) is 11.4. The second kappa shape index (κ2) is 9.94. The zero-order valence-electron chi connectivity index (χ0n) is 28.2. The minimum atomic E-state index is 0.682. The predicted octanol–water partition coefficient (Wildman–Crippen LogP) is 13.1. The fourth-order valence-corrected chi connectivity index (χ4v) is 10.4. The summed E-state index contributed by atoms with van der Waals surface area (Å²) in [5.41, 5.74) is 8.97. The lowest BCUT2D eigenvalue weighted by atomic mass is 9.99. The minimum Gasteiger partial charge on any atom is -0.308 e. The van der Waals surface area contributed by atoms with Gasteiger partial charge in [0.2, 0.25) is 5.95 Å². The Morgan fingerprint density at radius 3 is 1.98 bits per heavy atom. The molecule has 13 rings (SSSR count). The summed E-state index contributed by atoms with van der Waals surface area (Å²) in [4.78, 5) is 11.1. The first-order valence-corrected chi connectivity index (χ1v) is 18.8. The highest BCUT2D eigenvalue weighted by Crippen LogP contribution is 2.48. The van der Waals surface area contributed by atoms with Crippen LogP contribution in [-0.2, 0) is 0 Å². The van der Waals surface area contributed by atoms with Crippen LogP contribution in [0.15, 0.2) is 158 Å². The molecule has 0 atom stereocenters. The van der Waals surface area contributed by atoms with E-state index >= 15 is 0 Å². The summed E-state index contributed by atoms with van der Waals surface area (Å²) < 4.78 is 7.13. The lowest BCUT2D eigenvalue weighted by Gasteiger charge is -2.11. The maximum Gasteiger partial charge on any atom is 0.235 e. The molecule has 0 fully saturated rings. The van der Waals surface area contributed by atoms with E-state index in [1.165, 1.54) is 75.1 Å². The van der Waals surface area contributed by atoms with Gasteiger partial charge in [0.05, 0.1) is 43.5 Å². The van der Waals surface area contributed by atoms with Gasteiger partial charge in [0.25, 0.3) is 0 Å². The van der Waals surface area contributed by atoms with Crippen molar-refractivity contribution in [3.05, 3.63) is 158 Å². The standard InChI is InChI=1S/C48H26N4S/c1-2-13-29-25-30(22-21-27(29)11-1)44-47-45(34-17-7-10-20-40(34)53-47)50-48(49-44)52-38-24-23-28-12-3-4-14-31(28)41(38)43-39(52)26-35-32-15-5-8-18-36(32)51-37-19-9-6-16-33(37)42(43)46(35)51/h1-26H. The van der Waals surface area contributed by atoms with Gasteiger partial charge in [-0.3, -0.25) is 4.57 Å². The number of nitrogens with zero attached hydrogens (tertiary/aromatic N) is 4. The number of benzene rings is 8. The smallest absolute Gasteiger partial charge is 0.235 e. The van der Waals surface area contributed by atoms with E-state index in [2.05, 4.69) is 167 Å². The van der Waals surface area contributed by atoms with Crippen LogP contribution >= 0.6 is 11.3 Å². The maximum absolute atomic E-state index is 5.60. The van der Waals surface area contributed by atoms with Crippen LogP contribution in [0, 0.1) is 0 Å². The number of aromatic nitrogens is 4. The van der Waals surface area contributed by atoms with Gasteiger partial charge in [0.15, 0.2) is 0 Å². The molecule has 4 nitrogen and oxygen atoms in total. The third-order valence-corrected chi connectivity index (χ3v) is 12.6. The molecule has 5 aromatic heterocycles. The molecule has 13 aromatic rings. The molecule has 0 aliphatic heterocycles. The molecule has 0 amide bonds. The average molecular weight is 691 g/mol. The van der Waals surface area contributed by atoms with Crippen molar-refractivity contribution in [1.82, 2.24) is 18.9 Å². The summed E-state index contributed by atoms with van der Waals surface area (Å²) in [5.74, 6) is 0.682. The molecule has 0 spiro atoms. The van der Waals surface area contributed by atoms with Gasteiger partial charge in [-0.25, -0.2) is 9.97 Å². The molecule has 0 N–H and O–H groups in total. The van der Waals surface area contributed by atoms with Gasteiger partial charge in [-0.15, -0.1) is 11.3 Å². The Morgan fingerprint density at radius 2 is 1.11 bits per heavy atom. The van der Waals surface area contributed by atoms with E-state index in [0.29, 0.717) is 5.95 Å². The van der Waals surface area contributed by atoms with Crippen molar-refractivity contribution < 1.29 is 0 Å². The molecule has 0 saturated heterocycles. The lowest BCUT2D eigenvalue weighted by molar-refractivity contribution is 1.02. The molecule has 0 radical (unpaired) electrons. The number of hydrogen-bond donors (Lipinski definition) is 0. The Balaban J connectivity index is 1.27. The van der Waals surface area contributed by atoms with Crippen molar-refractivity contribution in [3.8, 4) is 17.2 Å². The largest absolute Gasteiger partial charge is 0.308 e. The molecular weight excluding hydrogens is 665 g/mol. The fourth-order valence-electron chi connectivity index (χ4n) is 9.20. The molecule has 5 heterocycles. The summed E-state index contributed by atoms with van der Waals surface area (Å²) in [6, 6.07) is 57.3. The normalized spacial score (nSPS) is 12.5. The Hall–Kier alpha value is -6.82. The monoisotopic (exact) mass is 690 g/mol. The highest BCUT2D eigenvalue weighted by molar-refractivity contribution is 7.26. The van der Waals surface area contributed by atoms with Crippen molar-refractivity contribution in [3.63, 3.8) is 0 Å². The van der Waals surface area contributed by atoms with Gasteiger partial charge in [-0.05, 0) is 57.9 Å². The fraction of sp³-hybridized carbons (Fsp3) is 0. The van der Waals surface area contributed by atoms with Crippen molar-refractivity contribution >= 4 is 113 Å². The first-order chi connectivity index (χ1) is 26.3. The van der Waals surface area contributed by atoms with Crippen LogP contribution in [0.25, 0.3) is 119 Å². The van der Waals surface area contributed by atoms with Gasteiger partial charge < -0.3 is 4.40 Å². The van der Waals surface area contributed by atoms with Crippen molar-refractivity contribution in [1.29, 1.82) is 0 Å². The van der Waals surface area contributed by atoms with Crippen LogP contribution in [-0.4, -0.2) is 18.9 Å². The third kappa shape index (κ3) is 3.54. The van der Waals surface area contributed by atoms with Gasteiger partial charge in [0.1, 0.15) is 0 Å². The molecule has 5 heteroatoms. The predicted molar refractivity (Wildman–Crippen MR) is 224 cm³/mol. The SMILES string of the molecule is c1ccc2cc(-c3nc(-n4c5ccc6ccccc6c5c5c6c7ccccc7n7c8ccccc8c(cc54)c67)nc4c3sc3ccccc34)ccc2c1. The van der Waals surface area contributed by atoms with Gasteiger partial charge >= 0.3 is 0 Å². The zero-order valence-corrected chi connectivity index (χ0v) is 29.0. The molecule has 0 bridgehead atoms. The second-order valence-corrected chi connectivity index (χ2v) is 15.2. The first-order valence-electron chi connectivity index (χ1n) is 18.0. The van der Waals surface area contributed by atoms with Crippen LogP contribution < -0.4 is 0 Å². The Bertz CT molecular complexity index is 3700. The molecule has 53 heavy (non-hydrogen) atoms. The van der Waals surface area contributed by atoms with Crippen LogP contribution in [0.2, 0.25) is 0 Å². The quantitative estimate of drug-likeness (QED) is 0.181. The minimum absolute atomic E-state index is 0.682. The summed E-state index contributed by atoms with van der Waals surface area (Å²) in [6.07, 6.45) is 0. The summed E-state index contributed by atoms with van der Waals surface area (Å²) in [7, 11) is 0. The van der Waals surface area contributed by atoms with E-state index in [0.717, 1.165) is 37.9 Å². The lowest BCUT2D eigenvalue weighted by Crippen LogP contribution is -2.02. The van der Waals surface area contributed by atoms with Crippen molar-refractivity contribution in [2.24, 2.45) is 0 Å². The molecule has 0 aliphatic carbocycles. The highest BCUT2D eigenvalue weighted by atomic mass is 32.1. The Labute approximate surface area is 305 Å². The number of para-hydroxylation sites is 2. The molecule has 0 unspecified atom stereocenters. The van der Waals surface area contributed by atoms with Crippen LogP contribution in [0.3, 0.4) is 0 Å². The van der Waals surface area contributed by atoms with Gasteiger partial charge in [0, 0.05) is 48.0 Å². The first kappa shape index (κ1) is 27.8. The van der Waals surface area contributed by atoms with E-state index in [1.54, 1.807) is 11.3 Å². The van der Waals surface area contributed by atoms with E-state index in [4.69, 9.17) is 9.97 Å². The van der Waals surface area contributed by atoms with Crippen molar-refractivity contribution in [2.75, 3.05) is 0 Å². The maximum atomic E-state index is 5.60. The second-order valence-electron chi connectivity index (χ2n) is 14.1. The van der Waals surface area contributed by atoms with Crippen molar-refractivity contribution in [2.45, 2.75) is 0 Å². The molecule has 8 aromatic carbocycles.